The van der Waals surface area contributed by atoms with Crippen LogP contribution in [0.2, 0.25) is 0 Å². The summed E-state index contributed by atoms with van der Waals surface area (Å²) in [7, 11) is 0. The highest BCUT2D eigenvalue weighted by Gasteiger charge is 2.13. The first-order valence-corrected chi connectivity index (χ1v) is 7.48. The van der Waals surface area contributed by atoms with E-state index in [1.165, 1.54) is 10.1 Å². The lowest BCUT2D eigenvalue weighted by molar-refractivity contribution is 0.653. The van der Waals surface area contributed by atoms with Gasteiger partial charge in [0.1, 0.15) is 10.1 Å². The summed E-state index contributed by atoms with van der Waals surface area (Å²) in [4.78, 5) is 0. The van der Waals surface area contributed by atoms with Gasteiger partial charge in [-0.2, -0.15) is 0 Å². The molecular weight excluding hydrogens is 232 g/mol. The SMILES string of the molecule is CCn1c(SC)c(SC)n(CC)c1=S. The lowest BCUT2D eigenvalue weighted by atomic mass is 10.7. The molecule has 80 valence electrons. The standard InChI is InChI=1S/C9H16N2S3/c1-5-10-7(13-3)8(14-4)11(6-2)9(10)12/h5-6H2,1-4H3. The first kappa shape index (κ1) is 12.2. The Bertz CT molecular complexity index is 332. The molecule has 2 nitrogen and oxygen atoms in total. The molecule has 0 saturated heterocycles. The van der Waals surface area contributed by atoms with E-state index in [-0.39, 0.29) is 0 Å². The van der Waals surface area contributed by atoms with Crippen LogP contribution in [0, 0.1) is 4.77 Å². The molecule has 0 aliphatic heterocycles. The molecule has 0 N–H and O–H groups in total. The van der Waals surface area contributed by atoms with Crippen molar-refractivity contribution in [2.75, 3.05) is 12.5 Å². The maximum atomic E-state index is 5.43. The second-order valence-corrected chi connectivity index (χ2v) is 4.74. The van der Waals surface area contributed by atoms with Crippen molar-refractivity contribution in [1.82, 2.24) is 9.13 Å². The van der Waals surface area contributed by atoms with E-state index in [4.69, 9.17) is 12.2 Å². The molecule has 0 fully saturated rings. The molecule has 0 aliphatic carbocycles. The predicted molar refractivity (Wildman–Crippen MR) is 68.2 cm³/mol. The van der Waals surface area contributed by atoms with E-state index in [0.717, 1.165) is 17.9 Å². The third kappa shape index (κ3) is 1.90. The summed E-state index contributed by atoms with van der Waals surface area (Å²) in [6.07, 6.45) is 4.21. The molecule has 0 bridgehead atoms. The molecule has 5 heteroatoms. The van der Waals surface area contributed by atoms with Crippen molar-refractivity contribution in [3.63, 3.8) is 0 Å². The minimum atomic E-state index is 0.948. The Morgan fingerprint density at radius 1 is 1.00 bits per heavy atom. The van der Waals surface area contributed by atoms with Crippen molar-refractivity contribution < 1.29 is 0 Å². The summed E-state index contributed by atoms with van der Waals surface area (Å²) in [6.45, 7) is 6.18. The van der Waals surface area contributed by atoms with E-state index >= 15 is 0 Å². The third-order valence-corrected chi connectivity index (χ3v) is 4.33. The van der Waals surface area contributed by atoms with E-state index in [1.807, 2.05) is 0 Å². The van der Waals surface area contributed by atoms with Gasteiger partial charge in [0.25, 0.3) is 0 Å². The largest absolute Gasteiger partial charge is 0.311 e. The van der Waals surface area contributed by atoms with Crippen LogP contribution in [0.3, 0.4) is 0 Å². The van der Waals surface area contributed by atoms with Gasteiger partial charge in [0.2, 0.25) is 0 Å². The van der Waals surface area contributed by atoms with Crippen molar-refractivity contribution >= 4 is 35.7 Å². The molecule has 0 atom stereocenters. The zero-order valence-corrected chi connectivity index (χ0v) is 11.5. The normalized spacial score (nSPS) is 10.9. The molecule has 1 heterocycles. The van der Waals surface area contributed by atoms with Gasteiger partial charge in [-0.25, -0.2) is 0 Å². The molecule has 1 rings (SSSR count). The Kier molecular flexibility index (Phi) is 4.60. The molecule has 0 radical (unpaired) electrons. The van der Waals surface area contributed by atoms with E-state index in [2.05, 4.69) is 35.5 Å². The van der Waals surface area contributed by atoms with Gasteiger partial charge in [0.05, 0.1) is 0 Å². The number of nitrogens with zero attached hydrogens (tertiary/aromatic N) is 2. The fourth-order valence-electron chi connectivity index (χ4n) is 1.50. The van der Waals surface area contributed by atoms with Crippen LogP contribution >= 0.6 is 35.7 Å². The number of aromatic nitrogens is 2. The predicted octanol–water partition coefficient (Wildman–Crippen LogP) is 3.50. The van der Waals surface area contributed by atoms with Crippen molar-refractivity contribution in [2.45, 2.75) is 37.0 Å². The van der Waals surface area contributed by atoms with E-state index in [1.54, 1.807) is 23.5 Å². The summed E-state index contributed by atoms with van der Waals surface area (Å²) in [6, 6.07) is 0. The summed E-state index contributed by atoms with van der Waals surface area (Å²) in [5.41, 5.74) is 0. The number of imidazole rings is 1. The summed E-state index contributed by atoms with van der Waals surface area (Å²) >= 11 is 8.98. The Morgan fingerprint density at radius 2 is 1.36 bits per heavy atom. The Labute approximate surface area is 99.1 Å². The molecule has 0 unspecified atom stereocenters. The average molecular weight is 248 g/mol. The topological polar surface area (TPSA) is 9.86 Å². The van der Waals surface area contributed by atoms with Crippen molar-refractivity contribution in [3.05, 3.63) is 4.77 Å². The zero-order chi connectivity index (χ0) is 10.7. The van der Waals surface area contributed by atoms with Gasteiger partial charge in [0.15, 0.2) is 4.77 Å². The van der Waals surface area contributed by atoms with E-state index in [0.29, 0.717) is 0 Å². The highest BCUT2D eigenvalue weighted by molar-refractivity contribution is 8.01. The van der Waals surface area contributed by atoms with Crippen LogP contribution in [0.25, 0.3) is 0 Å². The fourth-order valence-corrected chi connectivity index (χ4v) is 4.00. The number of hydrogen-bond donors (Lipinski definition) is 0. The Hall–Kier alpha value is 0.130. The average Bonchev–Trinajstić information content (AvgIpc) is 2.48. The molecule has 0 aliphatic rings. The van der Waals surface area contributed by atoms with E-state index in [9.17, 15) is 0 Å². The van der Waals surface area contributed by atoms with Crippen LogP contribution in [0.4, 0.5) is 0 Å². The fraction of sp³-hybridized carbons (Fsp3) is 0.667. The highest BCUT2D eigenvalue weighted by atomic mass is 32.2. The second-order valence-electron chi connectivity index (χ2n) is 2.79. The van der Waals surface area contributed by atoms with Crippen LogP contribution in [0.1, 0.15) is 13.8 Å². The maximum absolute atomic E-state index is 5.43. The molecular formula is C9H16N2S3. The van der Waals surface area contributed by atoms with Gasteiger partial charge in [-0.15, -0.1) is 23.5 Å². The van der Waals surface area contributed by atoms with Gasteiger partial charge in [-0.1, -0.05) is 0 Å². The quantitative estimate of drug-likeness (QED) is 0.596. The molecule has 14 heavy (non-hydrogen) atoms. The first-order valence-electron chi connectivity index (χ1n) is 4.62. The second kappa shape index (κ2) is 5.28. The molecule has 0 amide bonds. The van der Waals surface area contributed by atoms with Crippen LogP contribution in [0.15, 0.2) is 10.1 Å². The number of thioether (sulfide) groups is 2. The van der Waals surface area contributed by atoms with Crippen molar-refractivity contribution in [1.29, 1.82) is 0 Å². The van der Waals surface area contributed by atoms with E-state index < -0.39 is 0 Å². The lowest BCUT2D eigenvalue weighted by Gasteiger charge is -2.03. The maximum Gasteiger partial charge on any atom is 0.181 e. The minimum absolute atomic E-state index is 0.948. The summed E-state index contributed by atoms with van der Waals surface area (Å²) in [5.74, 6) is 0. The van der Waals surface area contributed by atoms with Gasteiger partial charge in [0, 0.05) is 13.1 Å². The van der Waals surface area contributed by atoms with Gasteiger partial charge in [-0.05, 0) is 38.6 Å². The van der Waals surface area contributed by atoms with Crippen molar-refractivity contribution in [2.24, 2.45) is 0 Å². The molecule has 1 aromatic rings. The van der Waals surface area contributed by atoms with Crippen molar-refractivity contribution in [3.8, 4) is 0 Å². The molecule has 0 spiro atoms. The number of rotatable bonds is 4. The third-order valence-electron chi connectivity index (χ3n) is 2.15. The molecule has 1 aromatic heterocycles. The van der Waals surface area contributed by atoms with Gasteiger partial charge < -0.3 is 9.13 Å². The highest BCUT2D eigenvalue weighted by Crippen LogP contribution is 2.30. The summed E-state index contributed by atoms with van der Waals surface area (Å²) < 4.78 is 5.36. The monoisotopic (exact) mass is 248 g/mol. The Morgan fingerprint density at radius 3 is 1.57 bits per heavy atom. The molecule has 0 aromatic carbocycles. The first-order chi connectivity index (χ1) is 6.71. The van der Waals surface area contributed by atoms with Gasteiger partial charge in [-0.3, -0.25) is 0 Å². The number of hydrogen-bond acceptors (Lipinski definition) is 3. The minimum Gasteiger partial charge on any atom is -0.311 e. The van der Waals surface area contributed by atoms with Crippen LogP contribution in [0.5, 0.6) is 0 Å². The van der Waals surface area contributed by atoms with Crippen LogP contribution in [-0.2, 0) is 13.1 Å². The Balaban J connectivity index is 3.45. The van der Waals surface area contributed by atoms with Gasteiger partial charge >= 0.3 is 0 Å². The zero-order valence-electron chi connectivity index (χ0n) is 9.03. The van der Waals surface area contributed by atoms with Crippen LogP contribution < -0.4 is 0 Å². The molecule has 0 saturated carbocycles. The smallest absolute Gasteiger partial charge is 0.181 e. The summed E-state index contributed by atoms with van der Waals surface area (Å²) in [5, 5.41) is 2.60. The van der Waals surface area contributed by atoms with Crippen LogP contribution in [-0.4, -0.2) is 21.6 Å². The lowest BCUT2D eigenvalue weighted by Crippen LogP contribution is -1.98.